The first-order chi connectivity index (χ1) is 8.16. The first-order valence-corrected chi connectivity index (χ1v) is 6.43. The van der Waals surface area contributed by atoms with E-state index in [1.165, 1.54) is 18.2 Å². The number of hydrogen-bond acceptors (Lipinski definition) is 2. The van der Waals surface area contributed by atoms with Crippen LogP contribution in [0, 0.1) is 5.82 Å². The standard InChI is InChI=1S/C12H14BrFN2O/c13-11-6-8(14)3-4-10(11)12(17)16-9-2-1-5-15-7-9/h3-4,6,9,15H,1-2,5,7H2,(H,16,17)/t9-/m1/s1. The van der Waals surface area contributed by atoms with Crippen LogP contribution in [-0.2, 0) is 0 Å². The van der Waals surface area contributed by atoms with E-state index < -0.39 is 0 Å². The molecule has 1 aromatic carbocycles. The van der Waals surface area contributed by atoms with E-state index in [4.69, 9.17) is 0 Å². The summed E-state index contributed by atoms with van der Waals surface area (Å²) in [6.07, 6.45) is 2.05. The van der Waals surface area contributed by atoms with Crippen molar-refractivity contribution in [3.05, 3.63) is 34.1 Å². The van der Waals surface area contributed by atoms with Crippen LogP contribution in [0.3, 0.4) is 0 Å². The molecule has 2 rings (SSSR count). The second-order valence-electron chi connectivity index (χ2n) is 4.14. The lowest BCUT2D eigenvalue weighted by Crippen LogP contribution is -2.45. The van der Waals surface area contributed by atoms with Gasteiger partial charge >= 0.3 is 0 Å². The average molecular weight is 301 g/mol. The molecule has 1 aliphatic heterocycles. The Hall–Kier alpha value is -0.940. The highest BCUT2D eigenvalue weighted by Crippen LogP contribution is 2.18. The van der Waals surface area contributed by atoms with Crippen molar-refractivity contribution < 1.29 is 9.18 Å². The summed E-state index contributed by atoms with van der Waals surface area (Å²) in [6.45, 7) is 1.80. The van der Waals surface area contributed by atoms with Crippen LogP contribution >= 0.6 is 15.9 Å². The minimum absolute atomic E-state index is 0.160. The SMILES string of the molecule is O=C(N[C@@H]1CCCNC1)c1ccc(F)cc1Br. The Morgan fingerprint density at radius 3 is 3.00 bits per heavy atom. The van der Waals surface area contributed by atoms with Crippen LogP contribution in [0.5, 0.6) is 0 Å². The van der Waals surface area contributed by atoms with Gasteiger partial charge in [-0.2, -0.15) is 0 Å². The summed E-state index contributed by atoms with van der Waals surface area (Å²) in [5.74, 6) is -0.515. The van der Waals surface area contributed by atoms with Crippen LogP contribution in [0.4, 0.5) is 4.39 Å². The first kappa shape index (κ1) is 12.5. The Bertz CT molecular complexity index is 419. The molecule has 0 spiro atoms. The summed E-state index contributed by atoms with van der Waals surface area (Å²) in [6, 6.07) is 4.24. The van der Waals surface area contributed by atoms with E-state index in [-0.39, 0.29) is 17.8 Å². The van der Waals surface area contributed by atoms with E-state index in [1.807, 2.05) is 0 Å². The number of halogens is 2. The third kappa shape index (κ3) is 3.26. The van der Waals surface area contributed by atoms with Gasteiger partial charge in [0.05, 0.1) is 5.56 Å². The highest BCUT2D eigenvalue weighted by molar-refractivity contribution is 9.10. The summed E-state index contributed by atoms with van der Waals surface area (Å²) in [7, 11) is 0. The van der Waals surface area contributed by atoms with Gasteiger partial charge in [0, 0.05) is 17.1 Å². The van der Waals surface area contributed by atoms with Crippen molar-refractivity contribution in [1.82, 2.24) is 10.6 Å². The Kier molecular flexibility index (Phi) is 4.12. The summed E-state index contributed by atoms with van der Waals surface area (Å²) in [5.41, 5.74) is 0.469. The van der Waals surface area contributed by atoms with Gasteiger partial charge in [0.25, 0.3) is 5.91 Å². The number of amides is 1. The van der Waals surface area contributed by atoms with Crippen molar-refractivity contribution >= 4 is 21.8 Å². The van der Waals surface area contributed by atoms with Gasteiger partial charge in [-0.15, -0.1) is 0 Å². The summed E-state index contributed by atoms with van der Waals surface area (Å²) >= 11 is 3.20. The van der Waals surface area contributed by atoms with Gasteiger partial charge in [-0.05, 0) is 53.5 Å². The predicted molar refractivity (Wildman–Crippen MR) is 67.5 cm³/mol. The Balaban J connectivity index is 2.03. The lowest BCUT2D eigenvalue weighted by Gasteiger charge is -2.24. The van der Waals surface area contributed by atoms with Gasteiger partial charge in [-0.1, -0.05) is 0 Å². The zero-order valence-electron chi connectivity index (χ0n) is 9.30. The van der Waals surface area contributed by atoms with Gasteiger partial charge in [0.2, 0.25) is 0 Å². The molecule has 0 bridgehead atoms. The van der Waals surface area contributed by atoms with Gasteiger partial charge in [-0.25, -0.2) is 4.39 Å². The van der Waals surface area contributed by atoms with Crippen molar-refractivity contribution in [1.29, 1.82) is 0 Å². The molecular formula is C12H14BrFN2O. The quantitative estimate of drug-likeness (QED) is 0.878. The Labute approximate surface area is 108 Å². The number of piperidine rings is 1. The second-order valence-corrected chi connectivity index (χ2v) is 5.00. The van der Waals surface area contributed by atoms with Crippen molar-refractivity contribution in [3.63, 3.8) is 0 Å². The third-order valence-electron chi connectivity index (χ3n) is 2.81. The van der Waals surface area contributed by atoms with Crippen LogP contribution in [0.15, 0.2) is 22.7 Å². The lowest BCUT2D eigenvalue weighted by molar-refractivity contribution is 0.0930. The number of carbonyl (C=O) groups excluding carboxylic acids is 1. The zero-order chi connectivity index (χ0) is 12.3. The number of hydrogen-bond donors (Lipinski definition) is 2. The van der Waals surface area contributed by atoms with Crippen LogP contribution in [-0.4, -0.2) is 25.0 Å². The number of benzene rings is 1. The smallest absolute Gasteiger partial charge is 0.252 e. The van der Waals surface area contributed by atoms with E-state index in [9.17, 15) is 9.18 Å². The molecule has 0 aliphatic carbocycles. The summed E-state index contributed by atoms with van der Waals surface area (Å²) in [4.78, 5) is 12.0. The van der Waals surface area contributed by atoms with Crippen LogP contribution in [0.25, 0.3) is 0 Å². The van der Waals surface area contributed by atoms with E-state index >= 15 is 0 Å². The molecular weight excluding hydrogens is 287 g/mol. The fraction of sp³-hybridized carbons (Fsp3) is 0.417. The fourth-order valence-electron chi connectivity index (χ4n) is 1.91. The summed E-state index contributed by atoms with van der Waals surface area (Å²) < 4.78 is 13.4. The molecule has 1 aromatic rings. The van der Waals surface area contributed by atoms with Crippen molar-refractivity contribution in [2.45, 2.75) is 18.9 Å². The van der Waals surface area contributed by atoms with E-state index in [0.29, 0.717) is 10.0 Å². The van der Waals surface area contributed by atoms with Gasteiger partial charge in [-0.3, -0.25) is 4.79 Å². The second kappa shape index (κ2) is 5.60. The summed E-state index contributed by atoms with van der Waals surface area (Å²) in [5, 5.41) is 6.17. The van der Waals surface area contributed by atoms with Gasteiger partial charge in [0.1, 0.15) is 5.82 Å². The monoisotopic (exact) mass is 300 g/mol. The van der Waals surface area contributed by atoms with E-state index in [1.54, 1.807) is 0 Å². The topological polar surface area (TPSA) is 41.1 Å². The molecule has 1 fully saturated rings. The van der Waals surface area contributed by atoms with Crippen LogP contribution < -0.4 is 10.6 Å². The van der Waals surface area contributed by atoms with Crippen molar-refractivity contribution in [2.75, 3.05) is 13.1 Å². The maximum Gasteiger partial charge on any atom is 0.252 e. The van der Waals surface area contributed by atoms with Crippen molar-refractivity contribution in [2.24, 2.45) is 0 Å². The van der Waals surface area contributed by atoms with E-state index in [0.717, 1.165) is 25.9 Å². The molecule has 0 aromatic heterocycles. The molecule has 3 nitrogen and oxygen atoms in total. The number of nitrogens with one attached hydrogen (secondary N) is 2. The average Bonchev–Trinajstić information content (AvgIpc) is 2.30. The van der Waals surface area contributed by atoms with Gasteiger partial charge < -0.3 is 10.6 Å². The first-order valence-electron chi connectivity index (χ1n) is 5.63. The molecule has 1 atom stereocenters. The number of carbonyl (C=O) groups is 1. The molecule has 5 heteroatoms. The zero-order valence-corrected chi connectivity index (χ0v) is 10.9. The minimum Gasteiger partial charge on any atom is -0.348 e. The molecule has 2 N–H and O–H groups in total. The van der Waals surface area contributed by atoms with Gasteiger partial charge in [0.15, 0.2) is 0 Å². The molecule has 92 valence electrons. The van der Waals surface area contributed by atoms with E-state index in [2.05, 4.69) is 26.6 Å². The van der Waals surface area contributed by atoms with Crippen molar-refractivity contribution in [3.8, 4) is 0 Å². The highest BCUT2D eigenvalue weighted by atomic mass is 79.9. The molecule has 1 saturated heterocycles. The normalized spacial score (nSPS) is 20.0. The highest BCUT2D eigenvalue weighted by Gasteiger charge is 2.17. The predicted octanol–water partition coefficient (Wildman–Crippen LogP) is 2.07. The maximum atomic E-state index is 12.9. The Morgan fingerprint density at radius 2 is 2.35 bits per heavy atom. The van der Waals surface area contributed by atoms with Crippen LogP contribution in [0.1, 0.15) is 23.2 Å². The number of rotatable bonds is 2. The van der Waals surface area contributed by atoms with Crippen LogP contribution in [0.2, 0.25) is 0 Å². The maximum absolute atomic E-state index is 12.9. The molecule has 17 heavy (non-hydrogen) atoms. The molecule has 0 radical (unpaired) electrons. The molecule has 1 amide bonds. The largest absolute Gasteiger partial charge is 0.348 e. The molecule has 0 saturated carbocycles. The lowest BCUT2D eigenvalue weighted by atomic mass is 10.1. The molecule has 1 aliphatic rings. The fourth-order valence-corrected chi connectivity index (χ4v) is 2.44. The molecule has 0 unspecified atom stereocenters. The Morgan fingerprint density at radius 1 is 1.53 bits per heavy atom. The minimum atomic E-state index is -0.354. The molecule has 1 heterocycles. The third-order valence-corrected chi connectivity index (χ3v) is 3.46.